The van der Waals surface area contributed by atoms with Crippen LogP contribution in [-0.4, -0.2) is 52.6 Å². The Morgan fingerprint density at radius 3 is 2.74 bits per heavy atom. The van der Waals surface area contributed by atoms with Crippen LogP contribution in [-0.2, 0) is 4.79 Å². The minimum atomic E-state index is -0.469. The van der Waals surface area contributed by atoms with E-state index in [2.05, 4.69) is 21.8 Å². The summed E-state index contributed by atoms with van der Waals surface area (Å²) in [6.45, 7) is 5.11. The van der Waals surface area contributed by atoms with E-state index in [-0.39, 0.29) is 5.92 Å². The molecule has 1 aliphatic carbocycles. The van der Waals surface area contributed by atoms with Gasteiger partial charge in [0.1, 0.15) is 12.1 Å². The van der Waals surface area contributed by atoms with Gasteiger partial charge in [-0.1, -0.05) is 6.92 Å². The summed E-state index contributed by atoms with van der Waals surface area (Å²) < 4.78 is 0. The van der Waals surface area contributed by atoms with Crippen molar-refractivity contribution in [2.75, 3.05) is 31.1 Å². The lowest BCUT2D eigenvalue weighted by Gasteiger charge is -2.34. The van der Waals surface area contributed by atoms with E-state index in [1.807, 2.05) is 0 Å². The van der Waals surface area contributed by atoms with Gasteiger partial charge >= 0.3 is 0 Å². The molecular weight excluding hydrogens is 244 g/mol. The van der Waals surface area contributed by atoms with Crippen LogP contribution in [0.3, 0.4) is 0 Å². The normalized spacial score (nSPS) is 26.4. The SMILES string of the molecule is C[C@@H]1CC(O)c2ncnc(N3CCN(C=O)CC3)c21. The second kappa shape index (κ2) is 4.77. The van der Waals surface area contributed by atoms with E-state index in [9.17, 15) is 9.90 Å². The third kappa shape index (κ3) is 2.06. The van der Waals surface area contributed by atoms with Crippen LogP contribution in [0.5, 0.6) is 0 Å². The number of aromatic nitrogens is 2. The molecule has 2 aliphatic rings. The summed E-state index contributed by atoms with van der Waals surface area (Å²) in [5.74, 6) is 1.21. The first-order chi connectivity index (χ1) is 9.20. The molecule has 1 unspecified atom stereocenters. The fourth-order valence-corrected chi connectivity index (χ4v) is 2.99. The van der Waals surface area contributed by atoms with E-state index in [1.54, 1.807) is 4.90 Å². The molecule has 3 rings (SSSR count). The van der Waals surface area contributed by atoms with Crippen molar-refractivity contribution in [3.05, 3.63) is 17.6 Å². The first-order valence-electron chi connectivity index (χ1n) is 6.68. The van der Waals surface area contributed by atoms with Crippen molar-refractivity contribution in [1.29, 1.82) is 0 Å². The monoisotopic (exact) mass is 262 g/mol. The quantitative estimate of drug-likeness (QED) is 0.776. The summed E-state index contributed by atoms with van der Waals surface area (Å²) in [5, 5.41) is 9.99. The molecule has 0 radical (unpaired) electrons. The standard InChI is InChI=1S/C13H18N4O2/c1-9-6-10(19)12-11(9)13(15-7-14-12)17-4-2-16(8-18)3-5-17/h7-10,19H,2-6H2,1H3/t9-,10?/m1/s1. The molecule has 0 spiro atoms. The molecule has 1 amide bonds. The number of rotatable bonds is 2. The maximum atomic E-state index is 10.7. The lowest BCUT2D eigenvalue weighted by molar-refractivity contribution is -0.118. The number of aliphatic hydroxyl groups excluding tert-OH is 1. The van der Waals surface area contributed by atoms with Gasteiger partial charge in [-0.05, 0) is 12.3 Å². The number of carbonyl (C=O) groups excluding carboxylic acids is 1. The van der Waals surface area contributed by atoms with Gasteiger partial charge in [0.25, 0.3) is 0 Å². The molecule has 1 aliphatic heterocycles. The molecule has 6 nitrogen and oxygen atoms in total. The summed E-state index contributed by atoms with van der Waals surface area (Å²) >= 11 is 0. The van der Waals surface area contributed by atoms with E-state index in [0.717, 1.165) is 56.1 Å². The molecule has 0 bridgehead atoms. The van der Waals surface area contributed by atoms with Gasteiger partial charge in [0.2, 0.25) is 6.41 Å². The molecule has 2 atom stereocenters. The summed E-state index contributed by atoms with van der Waals surface area (Å²) in [5.41, 5.74) is 1.85. The molecule has 0 aromatic carbocycles. The highest BCUT2D eigenvalue weighted by molar-refractivity contribution is 5.55. The van der Waals surface area contributed by atoms with Crippen LogP contribution >= 0.6 is 0 Å². The van der Waals surface area contributed by atoms with Crippen LogP contribution < -0.4 is 4.90 Å². The van der Waals surface area contributed by atoms with Crippen LogP contribution in [0.4, 0.5) is 5.82 Å². The number of piperazine rings is 1. The van der Waals surface area contributed by atoms with Gasteiger partial charge in [0.15, 0.2) is 0 Å². The van der Waals surface area contributed by atoms with Crippen molar-refractivity contribution in [2.24, 2.45) is 0 Å². The largest absolute Gasteiger partial charge is 0.387 e. The molecule has 1 aromatic rings. The fraction of sp³-hybridized carbons (Fsp3) is 0.615. The number of hydrogen-bond acceptors (Lipinski definition) is 5. The van der Waals surface area contributed by atoms with Crippen molar-refractivity contribution < 1.29 is 9.90 Å². The van der Waals surface area contributed by atoms with Gasteiger partial charge < -0.3 is 14.9 Å². The number of nitrogens with zero attached hydrogens (tertiary/aromatic N) is 4. The van der Waals surface area contributed by atoms with Gasteiger partial charge in [-0.3, -0.25) is 4.79 Å². The Kier molecular flexibility index (Phi) is 3.10. The zero-order chi connectivity index (χ0) is 13.4. The first-order valence-corrected chi connectivity index (χ1v) is 6.68. The van der Waals surface area contributed by atoms with Gasteiger partial charge in [-0.25, -0.2) is 9.97 Å². The van der Waals surface area contributed by atoms with Crippen molar-refractivity contribution in [1.82, 2.24) is 14.9 Å². The van der Waals surface area contributed by atoms with Gasteiger partial charge in [0.05, 0.1) is 11.8 Å². The number of aliphatic hydroxyl groups is 1. The second-order valence-electron chi connectivity index (χ2n) is 5.28. The molecular formula is C13H18N4O2. The van der Waals surface area contributed by atoms with Crippen LogP contribution in [0, 0.1) is 0 Å². The zero-order valence-electron chi connectivity index (χ0n) is 11.0. The highest BCUT2D eigenvalue weighted by Gasteiger charge is 2.33. The molecule has 6 heteroatoms. The molecule has 2 heterocycles. The molecule has 1 aromatic heterocycles. The Balaban J connectivity index is 1.88. The molecule has 0 saturated carbocycles. The molecule has 1 saturated heterocycles. The minimum absolute atomic E-state index is 0.283. The number of fused-ring (bicyclic) bond motifs is 1. The number of amides is 1. The Hall–Kier alpha value is -1.69. The number of hydrogen-bond donors (Lipinski definition) is 1. The van der Waals surface area contributed by atoms with Crippen molar-refractivity contribution >= 4 is 12.2 Å². The molecule has 1 fully saturated rings. The smallest absolute Gasteiger partial charge is 0.209 e. The van der Waals surface area contributed by atoms with E-state index >= 15 is 0 Å². The average molecular weight is 262 g/mol. The number of carbonyl (C=O) groups is 1. The van der Waals surface area contributed by atoms with Crippen molar-refractivity contribution in [2.45, 2.75) is 25.4 Å². The lowest BCUT2D eigenvalue weighted by Crippen LogP contribution is -2.46. The summed E-state index contributed by atoms with van der Waals surface area (Å²) in [7, 11) is 0. The third-order valence-electron chi connectivity index (χ3n) is 4.04. The van der Waals surface area contributed by atoms with E-state index in [4.69, 9.17) is 0 Å². The van der Waals surface area contributed by atoms with Crippen LogP contribution in [0.1, 0.15) is 36.6 Å². The maximum absolute atomic E-state index is 10.7. The minimum Gasteiger partial charge on any atom is -0.387 e. The van der Waals surface area contributed by atoms with E-state index in [1.165, 1.54) is 6.33 Å². The maximum Gasteiger partial charge on any atom is 0.209 e. The second-order valence-corrected chi connectivity index (χ2v) is 5.28. The summed E-state index contributed by atoms with van der Waals surface area (Å²) in [6.07, 6.45) is 2.67. The highest BCUT2D eigenvalue weighted by Crippen LogP contribution is 2.42. The third-order valence-corrected chi connectivity index (χ3v) is 4.04. The summed E-state index contributed by atoms with van der Waals surface area (Å²) in [4.78, 5) is 23.3. The Morgan fingerprint density at radius 1 is 1.32 bits per heavy atom. The van der Waals surface area contributed by atoms with Gasteiger partial charge in [-0.15, -0.1) is 0 Å². The Labute approximate surface area is 112 Å². The zero-order valence-corrected chi connectivity index (χ0v) is 11.0. The highest BCUT2D eigenvalue weighted by atomic mass is 16.3. The lowest BCUT2D eigenvalue weighted by atomic mass is 10.1. The van der Waals surface area contributed by atoms with Gasteiger partial charge in [-0.2, -0.15) is 0 Å². The van der Waals surface area contributed by atoms with Crippen LogP contribution in [0.15, 0.2) is 6.33 Å². The summed E-state index contributed by atoms with van der Waals surface area (Å²) in [6, 6.07) is 0. The first kappa shape index (κ1) is 12.3. The average Bonchev–Trinajstić information content (AvgIpc) is 2.74. The fourth-order valence-electron chi connectivity index (χ4n) is 2.99. The predicted molar refractivity (Wildman–Crippen MR) is 69.9 cm³/mol. The van der Waals surface area contributed by atoms with Crippen molar-refractivity contribution in [3.63, 3.8) is 0 Å². The molecule has 102 valence electrons. The van der Waals surface area contributed by atoms with Crippen LogP contribution in [0.25, 0.3) is 0 Å². The molecule has 1 N–H and O–H groups in total. The molecule has 19 heavy (non-hydrogen) atoms. The number of anilines is 1. The Morgan fingerprint density at radius 2 is 2.05 bits per heavy atom. The van der Waals surface area contributed by atoms with E-state index in [0.29, 0.717) is 0 Å². The Bertz CT molecular complexity index is 486. The van der Waals surface area contributed by atoms with E-state index < -0.39 is 6.10 Å². The topological polar surface area (TPSA) is 69.6 Å². The van der Waals surface area contributed by atoms with Crippen molar-refractivity contribution in [3.8, 4) is 0 Å². The van der Waals surface area contributed by atoms with Crippen LogP contribution in [0.2, 0.25) is 0 Å². The van der Waals surface area contributed by atoms with Gasteiger partial charge in [0, 0.05) is 31.7 Å². The predicted octanol–water partition coefficient (Wildman–Crippen LogP) is 0.296.